The number of amides is 1. The molecule has 1 amide bonds. The Hall–Kier alpha value is -3.16. The van der Waals surface area contributed by atoms with E-state index in [9.17, 15) is 35.5 Å². The lowest BCUT2D eigenvalue weighted by Crippen LogP contribution is -2.56. The summed E-state index contributed by atoms with van der Waals surface area (Å²) in [7, 11) is 0. The normalized spacial score (nSPS) is 13.1. The second-order valence-corrected chi connectivity index (χ2v) is 8.31. The third kappa shape index (κ3) is 6.29. The van der Waals surface area contributed by atoms with Gasteiger partial charge in [-0.25, -0.2) is 14.4 Å². The number of hydrogen-bond acceptors (Lipinski definition) is 5. The molecule has 2 aromatic carbocycles. The van der Waals surface area contributed by atoms with E-state index in [1.807, 2.05) is 0 Å². The molecule has 35 heavy (non-hydrogen) atoms. The van der Waals surface area contributed by atoms with Gasteiger partial charge in [0.25, 0.3) is 5.91 Å². The lowest BCUT2D eigenvalue weighted by molar-refractivity contribution is -0.258. The van der Waals surface area contributed by atoms with Crippen molar-refractivity contribution in [3.05, 3.63) is 52.5 Å². The molecule has 0 saturated carbocycles. The Labute approximate surface area is 202 Å². The first-order valence-electron chi connectivity index (χ1n) is 9.74. The molecule has 3 aromatic rings. The van der Waals surface area contributed by atoms with E-state index < -0.39 is 36.2 Å². The standard InChI is InChI=1S/C21H16BrF7N4O2/c1-9-5-11(22)6-14-16(9)17(31-8-30-14)32-13-4-3-12(23)7-15(13)35-10(2)18(34)33-19(20(24,25)26)21(27,28)29/h3-8,10,19H,1-2H3,(H,33,34)(H,30,31,32). The monoisotopic (exact) mass is 568 g/mol. The summed E-state index contributed by atoms with van der Waals surface area (Å²) in [4.78, 5) is 20.4. The number of rotatable bonds is 6. The summed E-state index contributed by atoms with van der Waals surface area (Å²) < 4.78 is 96.5. The Kier molecular flexibility index (Phi) is 7.43. The van der Waals surface area contributed by atoms with Crippen LogP contribution in [-0.4, -0.2) is 40.4 Å². The van der Waals surface area contributed by atoms with Crippen LogP contribution in [-0.2, 0) is 4.79 Å². The molecule has 1 heterocycles. The molecule has 0 radical (unpaired) electrons. The number of aryl methyl sites for hydroxylation is 1. The van der Waals surface area contributed by atoms with Crippen LogP contribution in [0.4, 0.5) is 42.2 Å². The van der Waals surface area contributed by atoms with Gasteiger partial charge in [0.05, 0.1) is 11.2 Å². The van der Waals surface area contributed by atoms with E-state index in [-0.39, 0.29) is 17.3 Å². The smallest absolute Gasteiger partial charge is 0.417 e. The molecule has 188 valence electrons. The van der Waals surface area contributed by atoms with E-state index >= 15 is 0 Å². The van der Waals surface area contributed by atoms with Crippen molar-refractivity contribution in [3.8, 4) is 5.75 Å². The number of nitrogens with one attached hydrogen (secondary N) is 2. The highest BCUT2D eigenvalue weighted by atomic mass is 79.9. The highest BCUT2D eigenvalue weighted by molar-refractivity contribution is 9.10. The zero-order valence-corrected chi connectivity index (χ0v) is 19.4. The van der Waals surface area contributed by atoms with Crippen LogP contribution in [0.25, 0.3) is 10.9 Å². The summed E-state index contributed by atoms with van der Waals surface area (Å²) in [6, 6.07) is 2.50. The number of fused-ring (bicyclic) bond motifs is 1. The number of carbonyl (C=O) groups excluding carboxylic acids is 1. The number of ether oxygens (including phenoxy) is 1. The maximum atomic E-state index is 13.9. The molecule has 3 rings (SSSR count). The molecule has 0 fully saturated rings. The summed E-state index contributed by atoms with van der Waals surface area (Å²) in [5, 5.41) is 4.36. The fourth-order valence-electron chi connectivity index (χ4n) is 3.12. The van der Waals surface area contributed by atoms with E-state index in [1.165, 1.54) is 12.4 Å². The van der Waals surface area contributed by atoms with E-state index in [0.29, 0.717) is 10.9 Å². The number of carbonyl (C=O) groups is 1. The van der Waals surface area contributed by atoms with Crippen molar-refractivity contribution in [1.82, 2.24) is 15.3 Å². The fourth-order valence-corrected chi connectivity index (χ4v) is 3.68. The van der Waals surface area contributed by atoms with Crippen molar-refractivity contribution in [2.75, 3.05) is 5.32 Å². The molecular formula is C21H16BrF7N4O2. The number of halogens is 8. The zero-order chi connectivity index (χ0) is 26.1. The lowest BCUT2D eigenvalue weighted by atomic mass is 10.1. The second kappa shape index (κ2) is 9.84. The molecule has 1 unspecified atom stereocenters. The molecule has 0 aliphatic heterocycles. The van der Waals surface area contributed by atoms with Crippen LogP contribution < -0.4 is 15.4 Å². The topological polar surface area (TPSA) is 76.1 Å². The number of hydrogen-bond donors (Lipinski definition) is 2. The van der Waals surface area contributed by atoms with Crippen molar-refractivity contribution in [2.24, 2.45) is 0 Å². The SMILES string of the molecule is Cc1cc(Br)cc2ncnc(Nc3ccc(F)cc3OC(C)C(=O)NC(C(F)(F)F)C(F)(F)F)c12. The highest BCUT2D eigenvalue weighted by Crippen LogP contribution is 2.35. The average molecular weight is 569 g/mol. The van der Waals surface area contributed by atoms with Crippen molar-refractivity contribution in [3.63, 3.8) is 0 Å². The van der Waals surface area contributed by atoms with Gasteiger partial charge in [-0.05, 0) is 43.7 Å². The summed E-state index contributed by atoms with van der Waals surface area (Å²) in [5.74, 6) is -2.60. The minimum Gasteiger partial charge on any atom is -0.479 e. The first-order valence-corrected chi connectivity index (χ1v) is 10.5. The van der Waals surface area contributed by atoms with Crippen LogP contribution in [0.1, 0.15) is 12.5 Å². The predicted octanol–water partition coefficient (Wildman–Crippen LogP) is 5.96. The lowest BCUT2D eigenvalue weighted by Gasteiger charge is -2.25. The molecule has 0 aliphatic rings. The largest absolute Gasteiger partial charge is 0.479 e. The molecule has 0 saturated heterocycles. The maximum Gasteiger partial charge on any atom is 0.417 e. The average Bonchev–Trinajstić information content (AvgIpc) is 2.71. The van der Waals surface area contributed by atoms with Gasteiger partial charge in [0.2, 0.25) is 6.04 Å². The number of aromatic nitrogens is 2. The number of nitrogens with zero attached hydrogens (tertiary/aromatic N) is 2. The minimum absolute atomic E-state index is 0.0524. The molecule has 6 nitrogen and oxygen atoms in total. The first-order chi connectivity index (χ1) is 16.2. The third-order valence-corrected chi connectivity index (χ3v) is 5.17. The third-order valence-electron chi connectivity index (χ3n) is 4.71. The van der Waals surface area contributed by atoms with Crippen LogP contribution in [0.2, 0.25) is 0 Å². The van der Waals surface area contributed by atoms with Gasteiger partial charge in [-0.1, -0.05) is 15.9 Å². The molecule has 0 spiro atoms. The van der Waals surface area contributed by atoms with Crippen LogP contribution in [0.3, 0.4) is 0 Å². The van der Waals surface area contributed by atoms with Gasteiger partial charge in [-0.2, -0.15) is 26.3 Å². The number of alkyl halides is 6. The Bertz CT molecular complexity index is 1240. The van der Waals surface area contributed by atoms with Gasteiger partial charge >= 0.3 is 12.4 Å². The fraction of sp³-hybridized carbons (Fsp3) is 0.286. The molecule has 0 bridgehead atoms. The Morgan fingerprint density at radius 3 is 2.34 bits per heavy atom. The van der Waals surface area contributed by atoms with Crippen molar-refractivity contribution < 1.29 is 40.3 Å². The quantitative estimate of drug-likeness (QED) is 0.359. The van der Waals surface area contributed by atoms with Crippen LogP contribution in [0.5, 0.6) is 5.75 Å². The van der Waals surface area contributed by atoms with E-state index in [2.05, 4.69) is 31.2 Å². The molecular weight excluding hydrogens is 553 g/mol. The summed E-state index contributed by atoms with van der Waals surface area (Å²) in [5.41, 5.74) is 1.37. The van der Waals surface area contributed by atoms with Gasteiger partial charge in [-0.15, -0.1) is 0 Å². The molecule has 1 aromatic heterocycles. The van der Waals surface area contributed by atoms with Gasteiger partial charge in [0.15, 0.2) is 6.10 Å². The van der Waals surface area contributed by atoms with Gasteiger partial charge < -0.3 is 15.4 Å². The number of anilines is 2. The van der Waals surface area contributed by atoms with Crippen molar-refractivity contribution in [1.29, 1.82) is 0 Å². The van der Waals surface area contributed by atoms with E-state index in [0.717, 1.165) is 34.4 Å². The summed E-state index contributed by atoms with van der Waals surface area (Å²) >= 11 is 3.36. The van der Waals surface area contributed by atoms with Gasteiger partial charge in [0, 0.05) is 15.9 Å². The Morgan fingerprint density at radius 2 is 1.71 bits per heavy atom. The zero-order valence-electron chi connectivity index (χ0n) is 17.9. The molecule has 2 N–H and O–H groups in total. The summed E-state index contributed by atoms with van der Waals surface area (Å²) in [6.45, 7) is 2.71. The van der Waals surface area contributed by atoms with Crippen molar-refractivity contribution >= 4 is 44.2 Å². The Balaban J connectivity index is 1.89. The van der Waals surface area contributed by atoms with Crippen LogP contribution in [0, 0.1) is 12.7 Å². The highest BCUT2D eigenvalue weighted by Gasteiger charge is 2.57. The number of benzene rings is 2. The first kappa shape index (κ1) is 26.4. The predicted molar refractivity (Wildman–Crippen MR) is 116 cm³/mol. The molecule has 14 heteroatoms. The van der Waals surface area contributed by atoms with Gasteiger partial charge in [0.1, 0.15) is 23.7 Å². The van der Waals surface area contributed by atoms with Crippen LogP contribution in [0.15, 0.2) is 41.1 Å². The van der Waals surface area contributed by atoms with Crippen LogP contribution >= 0.6 is 15.9 Å². The van der Waals surface area contributed by atoms with E-state index in [1.54, 1.807) is 19.1 Å². The molecule has 1 atom stereocenters. The van der Waals surface area contributed by atoms with Crippen molar-refractivity contribution in [2.45, 2.75) is 38.3 Å². The Morgan fingerprint density at radius 1 is 1.06 bits per heavy atom. The van der Waals surface area contributed by atoms with E-state index in [4.69, 9.17) is 4.74 Å². The maximum absolute atomic E-state index is 13.9. The summed E-state index contributed by atoms with van der Waals surface area (Å²) in [6.07, 6.45) is -12.1. The molecule has 0 aliphatic carbocycles. The minimum atomic E-state index is -5.78. The second-order valence-electron chi connectivity index (χ2n) is 7.39. The van der Waals surface area contributed by atoms with Gasteiger partial charge in [-0.3, -0.25) is 4.79 Å².